The van der Waals surface area contributed by atoms with Crippen LogP contribution in [0.15, 0.2) is 46.8 Å². The molecule has 0 heterocycles. The summed E-state index contributed by atoms with van der Waals surface area (Å²) in [5, 5.41) is 0. The molecule has 4 aliphatic rings. The first-order chi connectivity index (χ1) is 14.8. The quantitative estimate of drug-likeness (QED) is 0.222. The molecule has 4 rings (SSSR count). The standard InChI is InChI=1S/C27H38O4Si/c1-17-14-23-21-9-8-19-15-20(29)10-12-26(19,3)22(21)11-13-27(23,4)25(17)24(16-30-18(2)28)31-32(5,6)7/h10-12,15,17,21,23H,8-9,13-14,16H2,1-7H3/b25-24-/t17?,21?,23?,26-,27?/m0/s1. The van der Waals surface area contributed by atoms with Gasteiger partial charge in [0.15, 0.2) is 5.78 Å². The van der Waals surface area contributed by atoms with Crippen molar-refractivity contribution in [2.45, 2.75) is 73.0 Å². The van der Waals surface area contributed by atoms with Crippen molar-refractivity contribution in [3.05, 3.63) is 46.8 Å². The van der Waals surface area contributed by atoms with E-state index in [0.717, 1.165) is 31.4 Å². The van der Waals surface area contributed by atoms with Crippen LogP contribution in [-0.2, 0) is 18.8 Å². The van der Waals surface area contributed by atoms with Gasteiger partial charge in [0.25, 0.3) is 0 Å². The second-order valence-corrected chi connectivity index (χ2v) is 16.0. The van der Waals surface area contributed by atoms with Gasteiger partial charge in [-0.2, -0.15) is 0 Å². The Morgan fingerprint density at radius 1 is 1.25 bits per heavy atom. The van der Waals surface area contributed by atoms with Crippen LogP contribution in [0.3, 0.4) is 0 Å². The number of fused-ring (bicyclic) bond motifs is 5. The highest BCUT2D eigenvalue weighted by Crippen LogP contribution is 2.65. The van der Waals surface area contributed by atoms with E-state index in [1.807, 2.05) is 6.08 Å². The highest BCUT2D eigenvalue weighted by atomic mass is 28.4. The third-order valence-electron chi connectivity index (χ3n) is 8.19. The Bertz CT molecular complexity index is 963. The molecule has 0 aliphatic heterocycles. The van der Waals surface area contributed by atoms with E-state index in [2.05, 4.69) is 52.6 Å². The second kappa shape index (κ2) is 7.86. The second-order valence-electron chi connectivity index (χ2n) is 11.6. The Kier molecular flexibility index (Phi) is 5.72. The molecule has 0 aromatic rings. The molecule has 4 aliphatic carbocycles. The molecule has 0 aromatic carbocycles. The van der Waals surface area contributed by atoms with Gasteiger partial charge in [0.2, 0.25) is 8.32 Å². The van der Waals surface area contributed by atoms with Crippen LogP contribution in [-0.4, -0.2) is 26.7 Å². The van der Waals surface area contributed by atoms with Crippen LogP contribution in [0.25, 0.3) is 0 Å². The van der Waals surface area contributed by atoms with Crippen molar-refractivity contribution in [1.29, 1.82) is 0 Å². The summed E-state index contributed by atoms with van der Waals surface area (Å²) >= 11 is 0. The summed E-state index contributed by atoms with van der Waals surface area (Å²) in [6.07, 6.45) is 12.4. The van der Waals surface area contributed by atoms with E-state index >= 15 is 0 Å². The van der Waals surface area contributed by atoms with Gasteiger partial charge in [0, 0.05) is 12.3 Å². The zero-order chi connectivity index (χ0) is 23.5. The van der Waals surface area contributed by atoms with Crippen molar-refractivity contribution < 1.29 is 18.8 Å². The number of carbonyl (C=O) groups is 2. The van der Waals surface area contributed by atoms with E-state index in [1.54, 1.807) is 6.08 Å². The lowest BCUT2D eigenvalue weighted by molar-refractivity contribution is -0.140. The zero-order valence-electron chi connectivity index (χ0n) is 20.7. The van der Waals surface area contributed by atoms with Gasteiger partial charge >= 0.3 is 5.97 Å². The van der Waals surface area contributed by atoms with E-state index < -0.39 is 8.32 Å². The molecule has 0 aromatic heterocycles. The lowest BCUT2D eigenvalue weighted by atomic mass is 9.53. The number of ketones is 1. The summed E-state index contributed by atoms with van der Waals surface area (Å²) in [4.78, 5) is 23.6. The van der Waals surface area contributed by atoms with Crippen molar-refractivity contribution in [2.24, 2.45) is 28.6 Å². The fourth-order valence-corrected chi connectivity index (χ4v) is 7.89. The summed E-state index contributed by atoms with van der Waals surface area (Å²) < 4.78 is 12.0. The number of hydrogen-bond acceptors (Lipinski definition) is 4. The van der Waals surface area contributed by atoms with Crippen molar-refractivity contribution >= 4 is 20.1 Å². The van der Waals surface area contributed by atoms with Crippen molar-refractivity contribution in [3.63, 3.8) is 0 Å². The third-order valence-corrected chi connectivity index (χ3v) is 9.05. The Balaban J connectivity index is 1.76. The highest BCUT2D eigenvalue weighted by molar-refractivity contribution is 6.70. The minimum atomic E-state index is -1.87. The molecular formula is C27H38O4Si. The number of rotatable bonds is 4. The van der Waals surface area contributed by atoms with Crippen LogP contribution in [0, 0.1) is 28.6 Å². The molecule has 0 bridgehead atoms. The molecule has 0 radical (unpaired) electrons. The van der Waals surface area contributed by atoms with E-state index in [-0.39, 0.29) is 29.2 Å². The Labute approximate surface area is 194 Å². The fourth-order valence-electron chi connectivity index (χ4n) is 6.98. The number of carbonyl (C=O) groups excluding carboxylic acids is 2. The molecular weight excluding hydrogens is 416 g/mol. The van der Waals surface area contributed by atoms with Crippen LogP contribution in [0.4, 0.5) is 0 Å². The molecule has 0 saturated heterocycles. The normalized spacial score (nSPS) is 37.6. The molecule has 4 unspecified atom stereocenters. The van der Waals surface area contributed by atoms with Gasteiger partial charge in [0.1, 0.15) is 12.4 Å². The highest BCUT2D eigenvalue weighted by Gasteiger charge is 2.56. The average molecular weight is 455 g/mol. The lowest BCUT2D eigenvalue weighted by Crippen LogP contribution is -2.42. The van der Waals surface area contributed by atoms with Crippen LogP contribution in [0.1, 0.15) is 53.4 Å². The van der Waals surface area contributed by atoms with Gasteiger partial charge in [-0.15, -0.1) is 0 Å². The molecule has 174 valence electrons. The Morgan fingerprint density at radius 3 is 2.62 bits per heavy atom. The number of esters is 1. The Morgan fingerprint density at radius 2 is 1.97 bits per heavy atom. The average Bonchev–Trinajstić information content (AvgIpc) is 2.95. The molecule has 0 N–H and O–H groups in total. The van der Waals surface area contributed by atoms with Crippen LogP contribution >= 0.6 is 0 Å². The van der Waals surface area contributed by atoms with Gasteiger partial charge in [-0.3, -0.25) is 9.59 Å². The minimum Gasteiger partial charge on any atom is -0.545 e. The van der Waals surface area contributed by atoms with E-state index in [4.69, 9.17) is 9.16 Å². The minimum absolute atomic E-state index is 0.00843. The van der Waals surface area contributed by atoms with Crippen LogP contribution < -0.4 is 0 Å². The maximum absolute atomic E-state index is 12.0. The van der Waals surface area contributed by atoms with Crippen molar-refractivity contribution in [2.75, 3.05) is 6.61 Å². The maximum Gasteiger partial charge on any atom is 0.303 e. The zero-order valence-corrected chi connectivity index (χ0v) is 21.7. The topological polar surface area (TPSA) is 52.6 Å². The molecule has 5 heteroatoms. The maximum atomic E-state index is 12.0. The van der Waals surface area contributed by atoms with E-state index in [9.17, 15) is 9.59 Å². The number of hydrogen-bond donors (Lipinski definition) is 0. The monoisotopic (exact) mass is 454 g/mol. The van der Waals surface area contributed by atoms with E-state index in [0.29, 0.717) is 17.8 Å². The summed E-state index contributed by atoms with van der Waals surface area (Å²) in [6.45, 7) is 15.3. The molecule has 32 heavy (non-hydrogen) atoms. The van der Waals surface area contributed by atoms with Gasteiger partial charge in [-0.1, -0.05) is 37.1 Å². The molecule has 5 atom stereocenters. The van der Waals surface area contributed by atoms with Crippen molar-refractivity contribution in [1.82, 2.24) is 0 Å². The number of allylic oxidation sites excluding steroid dienone is 7. The lowest BCUT2D eigenvalue weighted by Gasteiger charge is -2.51. The fraction of sp³-hybridized carbons (Fsp3) is 0.630. The Hall–Kier alpha value is -1.88. The SMILES string of the molecule is CC(=O)OC/C(O[Si](C)(C)C)=C1\C(C)CC2C3CCC4=CC(=O)C=C[C@]4(C)C3=CCC12C. The molecule has 2 fully saturated rings. The summed E-state index contributed by atoms with van der Waals surface area (Å²) in [6, 6.07) is 0. The summed E-state index contributed by atoms with van der Waals surface area (Å²) in [5.41, 5.74) is 4.03. The summed E-state index contributed by atoms with van der Waals surface area (Å²) in [5.74, 6) is 2.20. The van der Waals surface area contributed by atoms with Gasteiger partial charge in [0.05, 0.1) is 0 Å². The molecule has 2 saturated carbocycles. The first kappa shape index (κ1) is 23.3. The third kappa shape index (κ3) is 3.87. The predicted molar refractivity (Wildman–Crippen MR) is 129 cm³/mol. The number of ether oxygens (including phenoxy) is 1. The van der Waals surface area contributed by atoms with Gasteiger partial charge in [-0.25, -0.2) is 0 Å². The van der Waals surface area contributed by atoms with Crippen LogP contribution in [0.2, 0.25) is 19.6 Å². The van der Waals surface area contributed by atoms with Gasteiger partial charge < -0.3 is 9.16 Å². The smallest absolute Gasteiger partial charge is 0.303 e. The first-order valence-electron chi connectivity index (χ1n) is 12.1. The predicted octanol–water partition coefficient (Wildman–Crippen LogP) is 6.13. The largest absolute Gasteiger partial charge is 0.545 e. The van der Waals surface area contributed by atoms with E-state index in [1.165, 1.54) is 23.6 Å². The molecule has 4 nitrogen and oxygen atoms in total. The molecule has 0 amide bonds. The van der Waals surface area contributed by atoms with Gasteiger partial charge in [-0.05, 0) is 93.1 Å². The van der Waals surface area contributed by atoms with Crippen LogP contribution in [0.5, 0.6) is 0 Å². The first-order valence-corrected chi connectivity index (χ1v) is 15.5. The summed E-state index contributed by atoms with van der Waals surface area (Å²) in [7, 11) is -1.87. The molecule has 0 spiro atoms. The van der Waals surface area contributed by atoms with Crippen molar-refractivity contribution in [3.8, 4) is 0 Å².